The van der Waals surface area contributed by atoms with Gasteiger partial charge in [-0.15, -0.1) is 0 Å². The molecular weight excluding hydrogens is 350 g/mol. The van der Waals surface area contributed by atoms with Crippen molar-refractivity contribution < 1.29 is 9.53 Å². The molecule has 3 aromatic rings. The molecule has 0 unspecified atom stereocenters. The fourth-order valence-electron chi connectivity index (χ4n) is 3.37. The molecule has 0 aliphatic carbocycles. The first-order valence-corrected chi connectivity index (χ1v) is 9.19. The summed E-state index contributed by atoms with van der Waals surface area (Å²) in [4.78, 5) is 20.6. The van der Waals surface area contributed by atoms with E-state index in [0.29, 0.717) is 17.8 Å². The van der Waals surface area contributed by atoms with E-state index in [1.807, 2.05) is 58.2 Å². The maximum Gasteiger partial charge on any atom is 0.340 e. The molecule has 0 radical (unpaired) electrons. The highest BCUT2D eigenvalue weighted by molar-refractivity contribution is 6.00. The number of hydrogen-bond acceptors (Lipinski definition) is 3. The van der Waals surface area contributed by atoms with Crippen LogP contribution in [-0.4, -0.2) is 21.6 Å². The second kappa shape index (κ2) is 8.10. The van der Waals surface area contributed by atoms with Crippen LogP contribution < -0.4 is 0 Å². The van der Waals surface area contributed by atoms with Crippen LogP contribution in [0.5, 0.6) is 0 Å². The lowest BCUT2D eigenvalue weighted by Crippen LogP contribution is -2.13. The molecule has 0 fully saturated rings. The van der Waals surface area contributed by atoms with E-state index in [9.17, 15) is 4.79 Å². The van der Waals surface area contributed by atoms with Gasteiger partial charge >= 0.3 is 5.97 Å². The molecule has 2 aromatic heterocycles. The maximum atomic E-state index is 12.9. The van der Waals surface area contributed by atoms with Crippen molar-refractivity contribution in [3.05, 3.63) is 82.7 Å². The Morgan fingerprint density at radius 1 is 1.18 bits per heavy atom. The number of ether oxygens (including phenoxy) is 1. The highest BCUT2D eigenvalue weighted by Gasteiger charge is 2.26. The van der Waals surface area contributed by atoms with Crippen molar-refractivity contribution >= 4 is 11.7 Å². The Hall–Kier alpha value is -3.39. The van der Waals surface area contributed by atoms with Gasteiger partial charge in [-0.05, 0) is 44.9 Å². The molecule has 0 atom stereocenters. The molecule has 0 amide bonds. The molecule has 0 bridgehead atoms. The predicted octanol–water partition coefficient (Wildman–Crippen LogP) is 5.33. The largest absolute Gasteiger partial charge is 0.459 e. The molecule has 5 heteroatoms. The van der Waals surface area contributed by atoms with Crippen LogP contribution in [0.25, 0.3) is 16.0 Å². The quantitative estimate of drug-likeness (QED) is 0.448. The van der Waals surface area contributed by atoms with Crippen molar-refractivity contribution in [1.29, 1.82) is 0 Å². The van der Waals surface area contributed by atoms with Crippen molar-refractivity contribution in [3.63, 3.8) is 0 Å². The zero-order valence-electron chi connectivity index (χ0n) is 16.6. The predicted molar refractivity (Wildman–Crippen MR) is 109 cm³/mol. The number of carbonyl (C=O) groups is 1. The average Bonchev–Trinajstić information content (AvgIpc) is 2.93. The standard InChI is InChI=1S/C23H23N3O2/c1-15(2)28-23(27)22-17(4)26(14-18-7-6-12-25-13-18)16(3)21(22)19-8-10-20(24-5)11-9-19/h6-13,15H,14H2,1-4H3. The number of rotatable bonds is 5. The van der Waals surface area contributed by atoms with E-state index in [2.05, 4.69) is 14.4 Å². The summed E-state index contributed by atoms with van der Waals surface area (Å²) in [6.07, 6.45) is 3.37. The Kier molecular flexibility index (Phi) is 5.60. The van der Waals surface area contributed by atoms with Gasteiger partial charge in [0.15, 0.2) is 5.69 Å². The van der Waals surface area contributed by atoms with E-state index in [1.54, 1.807) is 18.3 Å². The second-order valence-corrected chi connectivity index (χ2v) is 6.98. The molecule has 2 heterocycles. The minimum Gasteiger partial charge on any atom is -0.459 e. The average molecular weight is 373 g/mol. The van der Waals surface area contributed by atoms with Crippen molar-refractivity contribution in [2.75, 3.05) is 0 Å². The van der Waals surface area contributed by atoms with Crippen LogP contribution in [0.1, 0.15) is 41.2 Å². The van der Waals surface area contributed by atoms with Crippen LogP contribution in [-0.2, 0) is 11.3 Å². The van der Waals surface area contributed by atoms with E-state index < -0.39 is 0 Å². The molecule has 0 aliphatic rings. The molecule has 0 aliphatic heterocycles. The molecular formula is C23H23N3O2. The van der Waals surface area contributed by atoms with Crippen LogP contribution in [0.2, 0.25) is 0 Å². The normalized spacial score (nSPS) is 10.7. The van der Waals surface area contributed by atoms with Gasteiger partial charge in [-0.1, -0.05) is 30.3 Å². The summed E-state index contributed by atoms with van der Waals surface area (Å²) in [6, 6.07) is 11.2. The molecule has 1 aromatic carbocycles. The molecule has 142 valence electrons. The third-order valence-electron chi connectivity index (χ3n) is 4.68. The zero-order valence-corrected chi connectivity index (χ0v) is 16.6. The van der Waals surface area contributed by atoms with E-state index in [1.165, 1.54) is 0 Å². The van der Waals surface area contributed by atoms with Crippen LogP contribution >= 0.6 is 0 Å². The Morgan fingerprint density at radius 3 is 2.46 bits per heavy atom. The first-order valence-electron chi connectivity index (χ1n) is 9.19. The van der Waals surface area contributed by atoms with Crippen molar-refractivity contribution in [3.8, 4) is 11.1 Å². The van der Waals surface area contributed by atoms with Crippen LogP contribution in [0.3, 0.4) is 0 Å². The van der Waals surface area contributed by atoms with Crippen LogP contribution in [0.4, 0.5) is 5.69 Å². The lowest BCUT2D eigenvalue weighted by molar-refractivity contribution is 0.0378. The number of aromatic nitrogens is 2. The number of pyridine rings is 1. The summed E-state index contributed by atoms with van der Waals surface area (Å²) in [5.74, 6) is -0.329. The van der Waals surface area contributed by atoms with Gasteiger partial charge in [-0.25, -0.2) is 9.64 Å². The summed E-state index contributed by atoms with van der Waals surface area (Å²) in [6.45, 7) is 15.4. The monoisotopic (exact) mass is 373 g/mol. The number of esters is 1. The first kappa shape index (κ1) is 19.4. The van der Waals surface area contributed by atoms with Crippen molar-refractivity contribution in [2.45, 2.75) is 40.3 Å². The Morgan fingerprint density at radius 2 is 1.89 bits per heavy atom. The number of hydrogen-bond donors (Lipinski definition) is 0. The molecule has 0 spiro atoms. The van der Waals surface area contributed by atoms with Gasteiger partial charge in [0.1, 0.15) is 0 Å². The number of nitrogens with zero attached hydrogens (tertiary/aromatic N) is 3. The smallest absolute Gasteiger partial charge is 0.340 e. The van der Waals surface area contributed by atoms with Crippen LogP contribution in [0.15, 0.2) is 48.8 Å². The summed E-state index contributed by atoms with van der Waals surface area (Å²) in [7, 11) is 0. The van der Waals surface area contributed by atoms with Gasteiger partial charge < -0.3 is 9.30 Å². The van der Waals surface area contributed by atoms with Crippen LogP contribution in [0, 0.1) is 20.4 Å². The minimum absolute atomic E-state index is 0.203. The Balaban J connectivity index is 2.16. The second-order valence-electron chi connectivity index (χ2n) is 6.98. The maximum absolute atomic E-state index is 12.9. The summed E-state index contributed by atoms with van der Waals surface area (Å²) in [5, 5.41) is 0. The number of carbonyl (C=O) groups excluding carboxylic acids is 1. The lowest BCUT2D eigenvalue weighted by atomic mass is 10.00. The fraction of sp³-hybridized carbons (Fsp3) is 0.261. The molecule has 3 rings (SSSR count). The van der Waals surface area contributed by atoms with Gasteiger partial charge in [0.2, 0.25) is 0 Å². The fourth-order valence-corrected chi connectivity index (χ4v) is 3.37. The first-order chi connectivity index (χ1) is 13.4. The van der Waals surface area contributed by atoms with E-state index in [0.717, 1.165) is 28.1 Å². The zero-order chi connectivity index (χ0) is 20.3. The van der Waals surface area contributed by atoms with Gasteiger partial charge in [-0.2, -0.15) is 0 Å². The van der Waals surface area contributed by atoms with E-state index in [4.69, 9.17) is 11.3 Å². The Bertz CT molecular complexity index is 1030. The SMILES string of the molecule is [C-]#[N+]c1ccc(-c2c(C(=O)OC(C)C)c(C)n(Cc3cccnc3)c2C)cc1. The molecule has 5 nitrogen and oxygen atoms in total. The summed E-state index contributed by atoms with van der Waals surface area (Å²) in [5.41, 5.74) is 5.79. The molecule has 0 N–H and O–H groups in total. The topological polar surface area (TPSA) is 48.5 Å². The number of benzene rings is 1. The molecule has 0 saturated heterocycles. The van der Waals surface area contributed by atoms with Crippen molar-refractivity contribution in [2.24, 2.45) is 0 Å². The minimum atomic E-state index is -0.329. The molecule has 0 saturated carbocycles. The van der Waals surface area contributed by atoms with Gasteiger partial charge in [0.25, 0.3) is 0 Å². The third-order valence-corrected chi connectivity index (χ3v) is 4.68. The van der Waals surface area contributed by atoms with Crippen molar-refractivity contribution in [1.82, 2.24) is 9.55 Å². The van der Waals surface area contributed by atoms with Gasteiger partial charge in [-0.3, -0.25) is 4.98 Å². The Labute approximate surface area is 165 Å². The van der Waals surface area contributed by atoms with Gasteiger partial charge in [0, 0.05) is 35.9 Å². The highest BCUT2D eigenvalue weighted by atomic mass is 16.5. The summed E-state index contributed by atoms with van der Waals surface area (Å²) >= 11 is 0. The van der Waals surface area contributed by atoms with Gasteiger partial charge in [0.05, 0.1) is 18.2 Å². The van der Waals surface area contributed by atoms with E-state index in [-0.39, 0.29) is 12.1 Å². The summed E-state index contributed by atoms with van der Waals surface area (Å²) < 4.78 is 7.65. The molecule has 28 heavy (non-hydrogen) atoms. The highest BCUT2D eigenvalue weighted by Crippen LogP contribution is 2.34. The van der Waals surface area contributed by atoms with E-state index >= 15 is 0 Å². The lowest BCUT2D eigenvalue weighted by Gasteiger charge is -2.10. The third kappa shape index (κ3) is 3.81.